The maximum Gasteiger partial charge on any atom is 0.223 e. The SMILES string of the molecule is Cl.NC1CCCC(C(=O)NCCc2c[nH]c3ccccc23)C1. The Bertz CT molecular complexity index is 625. The molecule has 1 aromatic heterocycles. The van der Waals surface area contributed by atoms with Crippen molar-refractivity contribution in [3.63, 3.8) is 0 Å². The van der Waals surface area contributed by atoms with E-state index in [4.69, 9.17) is 5.73 Å². The molecule has 1 saturated carbocycles. The van der Waals surface area contributed by atoms with E-state index in [9.17, 15) is 4.79 Å². The van der Waals surface area contributed by atoms with Crippen LogP contribution in [0.5, 0.6) is 0 Å². The number of hydrogen-bond acceptors (Lipinski definition) is 2. The van der Waals surface area contributed by atoms with Gasteiger partial charge in [0, 0.05) is 35.6 Å². The quantitative estimate of drug-likeness (QED) is 0.810. The van der Waals surface area contributed by atoms with E-state index in [0.717, 1.165) is 37.6 Å². The Morgan fingerprint density at radius 2 is 2.14 bits per heavy atom. The third kappa shape index (κ3) is 3.81. The number of aromatic amines is 1. The van der Waals surface area contributed by atoms with Gasteiger partial charge in [-0.2, -0.15) is 0 Å². The fourth-order valence-corrected chi connectivity index (χ4v) is 3.27. The molecule has 1 aliphatic rings. The summed E-state index contributed by atoms with van der Waals surface area (Å²) in [5.74, 6) is 0.279. The zero-order valence-electron chi connectivity index (χ0n) is 12.7. The lowest BCUT2D eigenvalue weighted by Crippen LogP contribution is -2.38. The van der Waals surface area contributed by atoms with E-state index < -0.39 is 0 Å². The number of nitrogens with two attached hydrogens (primary N) is 1. The van der Waals surface area contributed by atoms with Crippen molar-refractivity contribution in [2.75, 3.05) is 6.54 Å². The maximum atomic E-state index is 12.2. The number of para-hydroxylation sites is 1. The molecule has 0 spiro atoms. The monoisotopic (exact) mass is 321 g/mol. The standard InChI is InChI=1S/C17H23N3O.ClH/c18-14-5-3-4-12(10-14)17(21)19-9-8-13-11-20-16-7-2-1-6-15(13)16;/h1-2,6-7,11-12,14,20H,3-5,8-10,18H2,(H,19,21);1H. The number of amides is 1. The first kappa shape index (κ1) is 16.8. The third-order valence-electron chi connectivity index (χ3n) is 4.45. The summed E-state index contributed by atoms with van der Waals surface area (Å²) >= 11 is 0. The summed E-state index contributed by atoms with van der Waals surface area (Å²) in [6.07, 6.45) is 6.83. The van der Waals surface area contributed by atoms with E-state index in [0.29, 0.717) is 6.54 Å². The van der Waals surface area contributed by atoms with Crippen LogP contribution in [0, 0.1) is 5.92 Å². The molecule has 1 aliphatic carbocycles. The zero-order chi connectivity index (χ0) is 14.7. The number of carbonyl (C=O) groups excluding carboxylic acids is 1. The minimum Gasteiger partial charge on any atom is -0.361 e. The summed E-state index contributed by atoms with van der Waals surface area (Å²) in [5.41, 5.74) is 8.35. The summed E-state index contributed by atoms with van der Waals surface area (Å²) in [4.78, 5) is 15.4. The molecule has 2 unspecified atom stereocenters. The molecule has 4 N–H and O–H groups in total. The van der Waals surface area contributed by atoms with Gasteiger partial charge in [-0.3, -0.25) is 4.79 Å². The van der Waals surface area contributed by atoms with Gasteiger partial charge in [-0.25, -0.2) is 0 Å². The second-order valence-electron chi connectivity index (χ2n) is 6.02. The van der Waals surface area contributed by atoms with Crippen molar-refractivity contribution in [2.45, 2.75) is 38.1 Å². The molecule has 0 bridgehead atoms. The van der Waals surface area contributed by atoms with E-state index in [2.05, 4.69) is 22.4 Å². The number of hydrogen-bond donors (Lipinski definition) is 3. The van der Waals surface area contributed by atoms with Gasteiger partial charge in [-0.05, 0) is 37.3 Å². The first-order valence-electron chi connectivity index (χ1n) is 7.82. The molecule has 1 aromatic carbocycles. The Morgan fingerprint density at radius 1 is 1.32 bits per heavy atom. The van der Waals surface area contributed by atoms with Crippen LogP contribution >= 0.6 is 12.4 Å². The lowest BCUT2D eigenvalue weighted by molar-refractivity contribution is -0.126. The van der Waals surface area contributed by atoms with Gasteiger partial charge in [-0.1, -0.05) is 24.6 Å². The highest BCUT2D eigenvalue weighted by molar-refractivity contribution is 5.85. The molecule has 0 radical (unpaired) electrons. The number of carbonyl (C=O) groups is 1. The van der Waals surface area contributed by atoms with Gasteiger partial charge in [0.1, 0.15) is 0 Å². The minimum absolute atomic E-state index is 0. The normalized spacial score (nSPS) is 21.3. The molecule has 3 rings (SSSR count). The van der Waals surface area contributed by atoms with Gasteiger partial charge in [0.2, 0.25) is 5.91 Å². The van der Waals surface area contributed by atoms with Gasteiger partial charge < -0.3 is 16.0 Å². The largest absolute Gasteiger partial charge is 0.361 e. The summed E-state index contributed by atoms with van der Waals surface area (Å²) in [5, 5.41) is 4.31. The topological polar surface area (TPSA) is 70.9 Å². The maximum absolute atomic E-state index is 12.2. The number of nitrogens with one attached hydrogen (secondary N) is 2. The molecule has 22 heavy (non-hydrogen) atoms. The second-order valence-corrected chi connectivity index (χ2v) is 6.02. The molecule has 1 amide bonds. The molecule has 2 aromatic rings. The number of H-pyrrole nitrogens is 1. The minimum atomic E-state index is 0. The highest BCUT2D eigenvalue weighted by Crippen LogP contribution is 2.23. The Hall–Kier alpha value is -1.52. The van der Waals surface area contributed by atoms with Crippen molar-refractivity contribution >= 4 is 29.2 Å². The molecule has 1 fully saturated rings. The molecule has 120 valence electrons. The Morgan fingerprint density at radius 3 is 2.95 bits per heavy atom. The third-order valence-corrected chi connectivity index (χ3v) is 4.45. The van der Waals surface area contributed by atoms with Gasteiger partial charge in [-0.15, -0.1) is 12.4 Å². The average Bonchev–Trinajstić information content (AvgIpc) is 2.91. The van der Waals surface area contributed by atoms with Gasteiger partial charge in [0.05, 0.1) is 0 Å². The van der Waals surface area contributed by atoms with Crippen LogP contribution < -0.4 is 11.1 Å². The van der Waals surface area contributed by atoms with Crippen LogP contribution in [0.25, 0.3) is 10.9 Å². The van der Waals surface area contributed by atoms with E-state index in [1.165, 1.54) is 10.9 Å². The average molecular weight is 322 g/mol. The van der Waals surface area contributed by atoms with Crippen molar-refractivity contribution in [1.82, 2.24) is 10.3 Å². The fourth-order valence-electron chi connectivity index (χ4n) is 3.27. The highest BCUT2D eigenvalue weighted by Gasteiger charge is 2.24. The van der Waals surface area contributed by atoms with Crippen molar-refractivity contribution in [1.29, 1.82) is 0 Å². The van der Waals surface area contributed by atoms with Crippen molar-refractivity contribution < 1.29 is 4.79 Å². The molecule has 4 nitrogen and oxygen atoms in total. The van der Waals surface area contributed by atoms with Crippen LogP contribution in [0.2, 0.25) is 0 Å². The van der Waals surface area contributed by atoms with E-state index >= 15 is 0 Å². The van der Waals surface area contributed by atoms with Crippen LogP contribution in [-0.4, -0.2) is 23.5 Å². The molecular weight excluding hydrogens is 298 g/mol. The molecule has 0 aliphatic heterocycles. The summed E-state index contributed by atoms with van der Waals surface area (Å²) < 4.78 is 0. The lowest BCUT2D eigenvalue weighted by atomic mass is 9.85. The van der Waals surface area contributed by atoms with Gasteiger partial charge in [0.25, 0.3) is 0 Å². The van der Waals surface area contributed by atoms with E-state index in [1.54, 1.807) is 0 Å². The lowest BCUT2D eigenvalue weighted by Gasteiger charge is -2.25. The number of aromatic nitrogens is 1. The first-order chi connectivity index (χ1) is 10.2. The Kier molecular flexibility index (Phi) is 5.86. The molecule has 1 heterocycles. The number of rotatable bonds is 4. The predicted molar refractivity (Wildman–Crippen MR) is 92.2 cm³/mol. The Labute approximate surface area is 137 Å². The van der Waals surface area contributed by atoms with Crippen molar-refractivity contribution in [2.24, 2.45) is 11.7 Å². The van der Waals surface area contributed by atoms with Crippen LogP contribution in [0.1, 0.15) is 31.2 Å². The van der Waals surface area contributed by atoms with E-state index in [1.807, 2.05) is 18.3 Å². The van der Waals surface area contributed by atoms with Crippen LogP contribution in [0.4, 0.5) is 0 Å². The van der Waals surface area contributed by atoms with Gasteiger partial charge >= 0.3 is 0 Å². The zero-order valence-corrected chi connectivity index (χ0v) is 13.5. The summed E-state index contributed by atoms with van der Waals surface area (Å²) in [6, 6.07) is 8.45. The first-order valence-corrected chi connectivity index (χ1v) is 7.82. The molecular formula is C17H24ClN3O. The Balaban J connectivity index is 0.00000176. The van der Waals surface area contributed by atoms with Crippen LogP contribution in [-0.2, 0) is 11.2 Å². The number of fused-ring (bicyclic) bond motifs is 1. The van der Waals surface area contributed by atoms with E-state index in [-0.39, 0.29) is 30.3 Å². The number of benzene rings is 1. The molecule has 2 atom stereocenters. The summed E-state index contributed by atoms with van der Waals surface area (Å²) in [7, 11) is 0. The van der Waals surface area contributed by atoms with Gasteiger partial charge in [0.15, 0.2) is 0 Å². The van der Waals surface area contributed by atoms with Crippen LogP contribution in [0.3, 0.4) is 0 Å². The van der Waals surface area contributed by atoms with Crippen molar-refractivity contribution in [3.8, 4) is 0 Å². The van der Waals surface area contributed by atoms with Crippen LogP contribution in [0.15, 0.2) is 30.5 Å². The summed E-state index contributed by atoms with van der Waals surface area (Å²) in [6.45, 7) is 0.687. The molecule has 0 saturated heterocycles. The predicted octanol–water partition coefficient (Wildman–Crippen LogP) is 2.77. The molecule has 5 heteroatoms. The van der Waals surface area contributed by atoms with Crippen molar-refractivity contribution in [3.05, 3.63) is 36.0 Å². The second kappa shape index (κ2) is 7.65. The highest BCUT2D eigenvalue weighted by atomic mass is 35.5. The fraction of sp³-hybridized carbons (Fsp3) is 0.471. The smallest absolute Gasteiger partial charge is 0.223 e. The number of halogens is 1.